The Labute approximate surface area is 242 Å². The second kappa shape index (κ2) is 13.1. The smallest absolute Gasteiger partial charge is 0.330 e. The Kier molecular flexibility index (Phi) is 9.56. The highest BCUT2D eigenvalue weighted by molar-refractivity contribution is 6.12. The zero-order valence-electron chi connectivity index (χ0n) is 23.6. The van der Waals surface area contributed by atoms with Crippen molar-refractivity contribution in [3.63, 3.8) is 0 Å². The van der Waals surface area contributed by atoms with Crippen LogP contribution >= 0.6 is 0 Å². The van der Waals surface area contributed by atoms with Crippen LogP contribution in [0.1, 0.15) is 43.7 Å². The molecular formula is C30H35F2N5O5. The summed E-state index contributed by atoms with van der Waals surface area (Å²) in [5.41, 5.74) is 5.52. The van der Waals surface area contributed by atoms with Gasteiger partial charge >= 0.3 is 18.0 Å². The SMILES string of the molecule is CCC1NC(=O)N(C(=O)NCCCN2CCC(C(=O)OC)(c3ccccc3)CC2)C(c2ccc(F)c(F)c2)=C1C(N)=O. The van der Waals surface area contributed by atoms with E-state index in [0.29, 0.717) is 43.8 Å². The average Bonchev–Trinajstić information content (AvgIpc) is 3.00. The molecular weight excluding hydrogens is 548 g/mol. The molecule has 12 heteroatoms. The molecule has 1 fully saturated rings. The summed E-state index contributed by atoms with van der Waals surface area (Å²) in [5, 5.41) is 5.27. The maximum atomic E-state index is 14.1. The fourth-order valence-electron chi connectivity index (χ4n) is 5.69. The maximum absolute atomic E-state index is 14.1. The van der Waals surface area contributed by atoms with Gasteiger partial charge in [-0.1, -0.05) is 37.3 Å². The second-order valence-electron chi connectivity index (χ2n) is 10.4. The van der Waals surface area contributed by atoms with Gasteiger partial charge in [0.25, 0.3) is 0 Å². The minimum atomic E-state index is -1.20. The van der Waals surface area contributed by atoms with Crippen molar-refractivity contribution >= 4 is 29.6 Å². The van der Waals surface area contributed by atoms with Crippen molar-refractivity contribution in [2.24, 2.45) is 5.73 Å². The average molecular weight is 584 g/mol. The van der Waals surface area contributed by atoms with Crippen LogP contribution in [0, 0.1) is 11.6 Å². The number of rotatable bonds is 9. The van der Waals surface area contributed by atoms with Crippen molar-refractivity contribution in [1.82, 2.24) is 20.4 Å². The number of amides is 5. The number of carbonyl (C=O) groups excluding carboxylic acids is 4. The van der Waals surface area contributed by atoms with Gasteiger partial charge in [-0.05, 0) is 69.1 Å². The molecule has 2 aliphatic heterocycles. The quantitative estimate of drug-likeness (QED) is 0.307. The van der Waals surface area contributed by atoms with E-state index in [9.17, 15) is 28.0 Å². The fraction of sp³-hybridized carbons (Fsp3) is 0.400. The van der Waals surface area contributed by atoms with E-state index in [1.807, 2.05) is 30.3 Å². The topological polar surface area (TPSA) is 134 Å². The first-order valence-corrected chi connectivity index (χ1v) is 13.9. The van der Waals surface area contributed by atoms with Crippen LogP contribution in [-0.2, 0) is 19.7 Å². The molecule has 2 aromatic carbocycles. The standard InChI is InChI=1S/C30H35F2N5O5/c1-3-23-24(26(33)38)25(19-10-11-21(31)22(32)18-19)37(29(41)35-23)28(40)34-14-7-15-36-16-12-30(13-17-36,27(39)42-2)20-8-5-4-6-9-20/h4-6,8-11,18,23H,3,7,12-17H2,1-2H3,(H2,33,38)(H,34,40)(H,35,41). The van der Waals surface area contributed by atoms with E-state index < -0.39 is 41.1 Å². The largest absolute Gasteiger partial charge is 0.468 e. The molecule has 1 saturated heterocycles. The Hall–Kier alpha value is -4.32. The molecule has 4 N–H and O–H groups in total. The van der Waals surface area contributed by atoms with E-state index in [2.05, 4.69) is 15.5 Å². The van der Waals surface area contributed by atoms with Crippen molar-refractivity contribution in [3.8, 4) is 0 Å². The summed E-state index contributed by atoms with van der Waals surface area (Å²) in [4.78, 5) is 54.3. The summed E-state index contributed by atoms with van der Waals surface area (Å²) in [6, 6.07) is 9.97. The molecule has 0 saturated carbocycles. The molecule has 4 rings (SSSR count). The van der Waals surface area contributed by atoms with Crippen molar-refractivity contribution in [3.05, 3.63) is 76.9 Å². The van der Waals surface area contributed by atoms with Crippen LogP contribution in [-0.4, -0.2) is 73.1 Å². The number of imide groups is 1. The van der Waals surface area contributed by atoms with E-state index in [-0.39, 0.29) is 35.8 Å². The third kappa shape index (κ3) is 6.13. The van der Waals surface area contributed by atoms with Crippen molar-refractivity contribution < 1.29 is 32.7 Å². The third-order valence-corrected chi connectivity index (χ3v) is 7.94. The molecule has 0 aromatic heterocycles. The van der Waals surface area contributed by atoms with Gasteiger partial charge in [-0.15, -0.1) is 0 Å². The van der Waals surface area contributed by atoms with Gasteiger partial charge in [0, 0.05) is 12.1 Å². The Morgan fingerprint density at radius 1 is 1.10 bits per heavy atom. The van der Waals surface area contributed by atoms with Gasteiger partial charge in [-0.2, -0.15) is 0 Å². The van der Waals surface area contributed by atoms with Crippen molar-refractivity contribution in [1.29, 1.82) is 0 Å². The lowest BCUT2D eigenvalue weighted by molar-refractivity contribution is -0.149. The number of nitrogens with one attached hydrogen (secondary N) is 2. The molecule has 2 aromatic rings. The molecule has 0 radical (unpaired) electrons. The lowest BCUT2D eigenvalue weighted by atomic mass is 9.72. The summed E-state index contributed by atoms with van der Waals surface area (Å²) < 4.78 is 32.9. The van der Waals surface area contributed by atoms with E-state index >= 15 is 0 Å². The lowest BCUT2D eigenvalue weighted by Crippen LogP contribution is -2.56. The number of urea groups is 2. The normalized spacial score (nSPS) is 18.8. The van der Waals surface area contributed by atoms with E-state index in [1.165, 1.54) is 13.2 Å². The summed E-state index contributed by atoms with van der Waals surface area (Å²) in [5.74, 6) is -3.48. The predicted octanol–water partition coefficient (Wildman–Crippen LogP) is 3.27. The summed E-state index contributed by atoms with van der Waals surface area (Å²) in [6.45, 7) is 3.82. The Morgan fingerprint density at radius 2 is 1.79 bits per heavy atom. The number of esters is 1. The van der Waals surface area contributed by atoms with E-state index in [4.69, 9.17) is 10.5 Å². The first-order chi connectivity index (χ1) is 20.1. The van der Waals surface area contributed by atoms with Gasteiger partial charge in [-0.25, -0.2) is 23.3 Å². The molecule has 2 aliphatic rings. The fourth-order valence-corrected chi connectivity index (χ4v) is 5.69. The molecule has 224 valence electrons. The number of nitrogens with zero attached hydrogens (tertiary/aromatic N) is 2. The minimum absolute atomic E-state index is 0.0352. The van der Waals surface area contributed by atoms with Gasteiger partial charge in [-0.3, -0.25) is 9.59 Å². The van der Waals surface area contributed by atoms with Gasteiger partial charge < -0.3 is 26.0 Å². The number of halogens is 2. The van der Waals surface area contributed by atoms with Gasteiger partial charge in [0.15, 0.2) is 11.6 Å². The van der Waals surface area contributed by atoms with Crippen LogP contribution in [0.5, 0.6) is 0 Å². The highest BCUT2D eigenvalue weighted by atomic mass is 19.2. The number of methoxy groups -OCH3 is 1. The van der Waals surface area contributed by atoms with Crippen LogP contribution in [0.25, 0.3) is 5.70 Å². The van der Waals surface area contributed by atoms with Crippen LogP contribution in [0.15, 0.2) is 54.1 Å². The lowest BCUT2D eigenvalue weighted by Gasteiger charge is -2.40. The molecule has 0 bridgehead atoms. The zero-order chi connectivity index (χ0) is 30.4. The number of likely N-dealkylation sites (tertiary alicyclic amines) is 1. The summed E-state index contributed by atoms with van der Waals surface area (Å²) in [7, 11) is 1.40. The Morgan fingerprint density at radius 3 is 2.38 bits per heavy atom. The number of hydrogen-bond donors (Lipinski definition) is 3. The molecule has 0 spiro atoms. The van der Waals surface area contributed by atoms with Crippen LogP contribution in [0.3, 0.4) is 0 Å². The first kappa shape index (κ1) is 30.6. The van der Waals surface area contributed by atoms with Crippen molar-refractivity contribution in [2.75, 3.05) is 33.3 Å². The third-order valence-electron chi connectivity index (χ3n) is 7.94. The zero-order valence-corrected chi connectivity index (χ0v) is 23.6. The number of nitrogens with two attached hydrogens (primary N) is 1. The number of primary amides is 1. The molecule has 2 heterocycles. The highest BCUT2D eigenvalue weighted by Crippen LogP contribution is 2.37. The van der Waals surface area contributed by atoms with E-state index in [1.54, 1.807) is 6.92 Å². The predicted molar refractivity (Wildman–Crippen MR) is 151 cm³/mol. The van der Waals surface area contributed by atoms with Crippen LogP contribution in [0.2, 0.25) is 0 Å². The molecule has 42 heavy (non-hydrogen) atoms. The summed E-state index contributed by atoms with van der Waals surface area (Å²) >= 11 is 0. The van der Waals surface area contributed by atoms with Gasteiger partial charge in [0.05, 0.1) is 29.8 Å². The second-order valence-corrected chi connectivity index (χ2v) is 10.4. The first-order valence-electron chi connectivity index (χ1n) is 13.9. The number of carbonyl (C=O) groups is 4. The molecule has 1 atom stereocenters. The van der Waals surface area contributed by atoms with E-state index in [0.717, 1.165) is 17.7 Å². The minimum Gasteiger partial charge on any atom is -0.468 e. The number of benzene rings is 2. The number of hydrogen-bond acceptors (Lipinski definition) is 6. The van der Waals surface area contributed by atoms with Gasteiger partial charge in [0.2, 0.25) is 5.91 Å². The Bertz CT molecular complexity index is 1380. The van der Waals surface area contributed by atoms with Gasteiger partial charge in [0.1, 0.15) is 0 Å². The highest BCUT2D eigenvalue weighted by Gasteiger charge is 2.44. The molecule has 10 nitrogen and oxygen atoms in total. The maximum Gasteiger partial charge on any atom is 0.330 e. The molecule has 5 amide bonds. The number of piperidine rings is 1. The van der Waals surface area contributed by atoms with Crippen LogP contribution in [0.4, 0.5) is 18.4 Å². The summed E-state index contributed by atoms with van der Waals surface area (Å²) in [6.07, 6.45) is 1.98. The molecule has 0 aliphatic carbocycles. The monoisotopic (exact) mass is 583 g/mol. The Balaban J connectivity index is 1.42. The molecule has 1 unspecified atom stereocenters. The van der Waals surface area contributed by atoms with Crippen molar-refractivity contribution in [2.45, 2.75) is 44.1 Å². The number of ether oxygens (including phenoxy) is 1. The van der Waals surface area contributed by atoms with Crippen LogP contribution < -0.4 is 16.4 Å².